The van der Waals surface area contributed by atoms with Crippen LogP contribution in [0.25, 0.3) is 0 Å². The normalized spacial score (nSPS) is 19.1. The van der Waals surface area contributed by atoms with E-state index < -0.39 is 21.7 Å². The lowest BCUT2D eigenvalue weighted by Gasteiger charge is -2.29. The molecule has 31 heavy (non-hydrogen) atoms. The predicted molar refractivity (Wildman–Crippen MR) is 118 cm³/mol. The Morgan fingerprint density at radius 1 is 1.23 bits per heavy atom. The minimum absolute atomic E-state index is 0.0145. The first kappa shape index (κ1) is 23.2. The predicted octanol–water partition coefficient (Wildman–Crippen LogP) is 2.38. The van der Waals surface area contributed by atoms with Gasteiger partial charge in [-0.05, 0) is 37.8 Å². The third-order valence-corrected chi connectivity index (χ3v) is 6.19. The molecular formula is C19H23F2N5O3S2. The molecule has 0 spiro atoms. The molecule has 1 fully saturated rings. The number of halogens is 2. The van der Waals surface area contributed by atoms with E-state index in [0.717, 1.165) is 25.2 Å². The highest BCUT2D eigenvalue weighted by molar-refractivity contribution is 7.88. The third kappa shape index (κ3) is 5.63. The lowest BCUT2D eigenvalue weighted by molar-refractivity contribution is 0.387. The van der Waals surface area contributed by atoms with Crippen LogP contribution in [0.5, 0.6) is 5.75 Å². The second-order valence-corrected chi connectivity index (χ2v) is 9.53. The average molecular weight is 472 g/mol. The summed E-state index contributed by atoms with van der Waals surface area (Å²) in [6, 6.07) is 2.19. The van der Waals surface area contributed by atoms with Gasteiger partial charge in [-0.2, -0.15) is 4.98 Å². The number of thiocarbonyl (C=S) groups is 1. The zero-order valence-corrected chi connectivity index (χ0v) is 18.6. The van der Waals surface area contributed by atoms with Gasteiger partial charge in [0.1, 0.15) is 11.6 Å². The number of ether oxygens (including phenoxy) is 1. The Morgan fingerprint density at radius 2 is 1.87 bits per heavy atom. The molecule has 0 amide bonds. The van der Waals surface area contributed by atoms with E-state index >= 15 is 0 Å². The van der Waals surface area contributed by atoms with E-state index in [2.05, 4.69) is 20.0 Å². The van der Waals surface area contributed by atoms with Crippen molar-refractivity contribution in [3.63, 3.8) is 0 Å². The minimum Gasteiger partial charge on any atom is -0.496 e. The number of hydrogen-bond donors (Lipinski definition) is 3. The summed E-state index contributed by atoms with van der Waals surface area (Å²) in [5.74, 6) is -1.83. The minimum atomic E-state index is -3.24. The number of nitrogen functional groups attached to an aromatic ring is 1. The van der Waals surface area contributed by atoms with Gasteiger partial charge in [-0.15, -0.1) is 0 Å². The highest BCUT2D eigenvalue weighted by atomic mass is 32.2. The van der Waals surface area contributed by atoms with E-state index in [9.17, 15) is 17.2 Å². The maximum atomic E-state index is 14.4. The van der Waals surface area contributed by atoms with E-state index in [1.807, 2.05) is 0 Å². The fourth-order valence-corrected chi connectivity index (χ4v) is 4.72. The monoisotopic (exact) mass is 471 g/mol. The molecule has 1 aliphatic carbocycles. The summed E-state index contributed by atoms with van der Waals surface area (Å²) < 4.78 is 58.5. The van der Waals surface area contributed by atoms with E-state index in [-0.39, 0.29) is 45.6 Å². The molecule has 1 aliphatic rings. The second kappa shape index (κ2) is 9.37. The van der Waals surface area contributed by atoms with Gasteiger partial charge in [0.2, 0.25) is 16.0 Å². The van der Waals surface area contributed by atoms with Crippen LogP contribution in [0.4, 0.5) is 20.5 Å². The van der Waals surface area contributed by atoms with Gasteiger partial charge in [-0.1, -0.05) is 12.2 Å². The number of anilines is 2. The Morgan fingerprint density at radius 3 is 2.45 bits per heavy atom. The molecule has 1 aromatic heterocycles. The van der Waals surface area contributed by atoms with Crippen LogP contribution >= 0.6 is 12.2 Å². The highest BCUT2D eigenvalue weighted by Crippen LogP contribution is 2.29. The van der Waals surface area contributed by atoms with Gasteiger partial charge >= 0.3 is 0 Å². The number of benzene rings is 1. The van der Waals surface area contributed by atoms with E-state index in [0.29, 0.717) is 12.8 Å². The number of nitrogens with zero attached hydrogens (tertiary/aromatic N) is 2. The first-order valence-electron chi connectivity index (χ1n) is 9.52. The van der Waals surface area contributed by atoms with Crippen molar-refractivity contribution < 1.29 is 21.9 Å². The van der Waals surface area contributed by atoms with Crippen LogP contribution in [0.1, 0.15) is 36.8 Å². The number of nitrogens with one attached hydrogen (secondary N) is 2. The summed E-state index contributed by atoms with van der Waals surface area (Å²) in [7, 11) is -1.91. The fourth-order valence-electron chi connectivity index (χ4n) is 3.53. The molecule has 0 radical (unpaired) electrons. The van der Waals surface area contributed by atoms with Crippen LogP contribution in [-0.2, 0) is 10.0 Å². The molecule has 4 N–H and O–H groups in total. The lowest BCUT2D eigenvalue weighted by atomic mass is 9.92. The van der Waals surface area contributed by atoms with Gasteiger partial charge in [0.15, 0.2) is 11.6 Å². The number of hydrogen-bond acceptors (Lipinski definition) is 8. The number of nitrogens with two attached hydrogens (primary N) is 1. The first-order chi connectivity index (χ1) is 14.6. The second-order valence-electron chi connectivity index (χ2n) is 7.34. The summed E-state index contributed by atoms with van der Waals surface area (Å²) in [6.45, 7) is 0. The molecule has 2 aromatic rings. The lowest BCUT2D eigenvalue weighted by Crippen LogP contribution is -2.39. The van der Waals surface area contributed by atoms with Crippen molar-refractivity contribution in [2.45, 2.75) is 37.8 Å². The molecule has 0 saturated heterocycles. The molecular weight excluding hydrogens is 448 g/mol. The smallest absolute Gasteiger partial charge is 0.224 e. The van der Waals surface area contributed by atoms with Crippen LogP contribution < -0.4 is 20.5 Å². The summed E-state index contributed by atoms with van der Waals surface area (Å²) in [6.07, 6.45) is 5.31. The van der Waals surface area contributed by atoms with Gasteiger partial charge < -0.3 is 15.8 Å². The largest absolute Gasteiger partial charge is 0.496 e. The Labute approximate surface area is 184 Å². The van der Waals surface area contributed by atoms with Crippen molar-refractivity contribution in [3.05, 3.63) is 41.1 Å². The Hall–Kier alpha value is -2.44. The molecule has 0 bridgehead atoms. The molecule has 8 nitrogen and oxygen atoms in total. The fraction of sp³-hybridized carbons (Fsp3) is 0.421. The molecule has 1 aromatic carbocycles. The van der Waals surface area contributed by atoms with Crippen LogP contribution in [0.3, 0.4) is 0 Å². The van der Waals surface area contributed by atoms with Crippen molar-refractivity contribution in [1.29, 1.82) is 0 Å². The Kier molecular flexibility index (Phi) is 7.02. The molecule has 0 aliphatic heterocycles. The summed E-state index contributed by atoms with van der Waals surface area (Å²) in [5, 5.41) is 3.17. The van der Waals surface area contributed by atoms with Crippen molar-refractivity contribution in [2.75, 3.05) is 24.4 Å². The first-order valence-corrected chi connectivity index (χ1v) is 11.8. The quantitative estimate of drug-likeness (QED) is 0.416. The zero-order valence-electron chi connectivity index (χ0n) is 17.0. The van der Waals surface area contributed by atoms with E-state index in [1.54, 1.807) is 0 Å². The molecule has 3 rings (SSSR count). The molecule has 0 atom stereocenters. The molecule has 12 heteroatoms. The van der Waals surface area contributed by atoms with Gasteiger partial charge in [-0.25, -0.2) is 26.9 Å². The number of sulfonamides is 1. The van der Waals surface area contributed by atoms with Crippen molar-refractivity contribution in [2.24, 2.45) is 0 Å². The molecule has 0 unspecified atom stereocenters. The summed E-state index contributed by atoms with van der Waals surface area (Å²) in [4.78, 5) is 8.34. The Balaban J connectivity index is 1.72. The molecule has 168 valence electrons. The number of aromatic nitrogens is 2. The van der Waals surface area contributed by atoms with Gasteiger partial charge in [0, 0.05) is 18.3 Å². The third-order valence-electron chi connectivity index (χ3n) is 5.01. The van der Waals surface area contributed by atoms with Crippen molar-refractivity contribution in [1.82, 2.24) is 14.7 Å². The van der Waals surface area contributed by atoms with Crippen LogP contribution in [0.2, 0.25) is 0 Å². The average Bonchev–Trinajstić information content (AvgIpc) is 2.70. The van der Waals surface area contributed by atoms with Crippen LogP contribution in [0, 0.1) is 11.6 Å². The van der Waals surface area contributed by atoms with E-state index in [1.165, 1.54) is 19.4 Å². The van der Waals surface area contributed by atoms with Gasteiger partial charge in [-0.3, -0.25) is 0 Å². The molecule has 1 heterocycles. The SMILES string of the molecule is COc1ccc(F)c(F)c1C(=S)c1cnc(N[C@H]2CC[C@H](NS(C)(=O)=O)CC2)nc1N. The summed E-state index contributed by atoms with van der Waals surface area (Å²) >= 11 is 5.31. The van der Waals surface area contributed by atoms with Gasteiger partial charge in [0.25, 0.3) is 0 Å². The Bertz CT molecular complexity index is 1090. The highest BCUT2D eigenvalue weighted by Gasteiger charge is 2.25. The summed E-state index contributed by atoms with van der Waals surface area (Å²) in [5.41, 5.74) is 5.99. The number of methoxy groups -OCH3 is 1. The van der Waals surface area contributed by atoms with Crippen molar-refractivity contribution in [3.8, 4) is 5.75 Å². The topological polar surface area (TPSA) is 119 Å². The number of rotatable bonds is 7. The van der Waals surface area contributed by atoms with Gasteiger partial charge in [0.05, 0.1) is 29.4 Å². The maximum absolute atomic E-state index is 14.4. The van der Waals surface area contributed by atoms with Crippen LogP contribution in [0.15, 0.2) is 18.3 Å². The zero-order chi connectivity index (χ0) is 22.8. The maximum Gasteiger partial charge on any atom is 0.224 e. The standard InChI is InChI=1S/C19H23F2N5O3S2/c1-29-14-8-7-13(20)16(21)15(14)17(30)12-9-23-19(25-18(12)22)24-10-3-5-11(6-4-10)26-31(2,27)28/h7-11,26H,3-6H2,1-2H3,(H3,22,23,24,25)/t10-,11-. The molecule has 1 saturated carbocycles. The van der Waals surface area contributed by atoms with Crippen molar-refractivity contribution >= 4 is 38.9 Å². The van der Waals surface area contributed by atoms with Crippen LogP contribution in [-0.4, -0.2) is 48.7 Å². The van der Waals surface area contributed by atoms with E-state index in [4.69, 9.17) is 22.7 Å².